The van der Waals surface area contributed by atoms with Crippen molar-refractivity contribution in [3.63, 3.8) is 0 Å². The van der Waals surface area contributed by atoms with Crippen LogP contribution < -0.4 is 4.90 Å². The molecule has 1 aliphatic rings. The Morgan fingerprint density at radius 2 is 1.84 bits per heavy atom. The van der Waals surface area contributed by atoms with Gasteiger partial charge in [-0.25, -0.2) is 4.68 Å². The molecule has 25 heavy (non-hydrogen) atoms. The van der Waals surface area contributed by atoms with E-state index in [0.717, 1.165) is 16.9 Å². The Kier molecular flexibility index (Phi) is 3.75. The molecule has 2 aromatic carbocycles. The summed E-state index contributed by atoms with van der Waals surface area (Å²) in [5.41, 5.74) is 3.74. The maximum absolute atomic E-state index is 13.0. The minimum absolute atomic E-state index is 0.0777. The van der Waals surface area contributed by atoms with Crippen molar-refractivity contribution in [3.05, 3.63) is 77.1 Å². The SMILES string of the molecule is N#Cc1ccc(Cn2nnc3c2C(=O)N(c2ccccc2)CC3)cc1. The van der Waals surface area contributed by atoms with Crippen LogP contribution in [0.1, 0.15) is 27.3 Å². The van der Waals surface area contributed by atoms with Crippen molar-refractivity contribution in [1.29, 1.82) is 5.26 Å². The quantitative estimate of drug-likeness (QED) is 0.739. The molecule has 1 amide bonds. The molecule has 0 atom stereocenters. The van der Waals surface area contributed by atoms with Crippen molar-refractivity contribution in [2.24, 2.45) is 0 Å². The maximum atomic E-state index is 13.0. The molecule has 122 valence electrons. The van der Waals surface area contributed by atoms with Gasteiger partial charge in [-0.05, 0) is 29.8 Å². The molecule has 0 bridgehead atoms. The van der Waals surface area contributed by atoms with Gasteiger partial charge < -0.3 is 4.90 Å². The first-order chi connectivity index (χ1) is 12.3. The highest BCUT2D eigenvalue weighted by molar-refractivity contribution is 6.06. The Morgan fingerprint density at radius 3 is 2.56 bits per heavy atom. The number of amides is 1. The van der Waals surface area contributed by atoms with Crippen molar-refractivity contribution in [1.82, 2.24) is 15.0 Å². The number of para-hydroxylation sites is 1. The molecule has 1 aliphatic heterocycles. The summed E-state index contributed by atoms with van der Waals surface area (Å²) in [6, 6.07) is 19.0. The van der Waals surface area contributed by atoms with Gasteiger partial charge in [0.1, 0.15) is 0 Å². The molecule has 2 heterocycles. The molecule has 0 radical (unpaired) electrons. The third-order valence-electron chi connectivity index (χ3n) is 4.31. The molecule has 0 saturated heterocycles. The van der Waals surface area contributed by atoms with Crippen molar-refractivity contribution in [2.45, 2.75) is 13.0 Å². The first-order valence-corrected chi connectivity index (χ1v) is 8.04. The Balaban J connectivity index is 1.64. The predicted molar refractivity (Wildman–Crippen MR) is 92.1 cm³/mol. The summed E-state index contributed by atoms with van der Waals surface area (Å²) >= 11 is 0. The molecular formula is C19H15N5O. The van der Waals surface area contributed by atoms with E-state index >= 15 is 0 Å². The number of aromatic nitrogens is 3. The molecule has 0 unspecified atom stereocenters. The van der Waals surface area contributed by atoms with Gasteiger partial charge in [-0.1, -0.05) is 35.5 Å². The highest BCUT2D eigenvalue weighted by Gasteiger charge is 2.30. The lowest BCUT2D eigenvalue weighted by molar-refractivity contribution is 0.0970. The van der Waals surface area contributed by atoms with Crippen LogP contribution in [0.2, 0.25) is 0 Å². The van der Waals surface area contributed by atoms with E-state index in [-0.39, 0.29) is 5.91 Å². The molecule has 1 aromatic heterocycles. The van der Waals surface area contributed by atoms with Crippen LogP contribution in [-0.2, 0) is 13.0 Å². The molecule has 6 nitrogen and oxygen atoms in total. The van der Waals surface area contributed by atoms with Crippen LogP contribution >= 0.6 is 0 Å². The van der Waals surface area contributed by atoms with Crippen LogP contribution in [0.3, 0.4) is 0 Å². The van der Waals surface area contributed by atoms with Crippen molar-refractivity contribution in [2.75, 3.05) is 11.4 Å². The fraction of sp³-hybridized carbons (Fsp3) is 0.158. The number of nitriles is 1. The molecule has 0 aliphatic carbocycles. The van der Waals surface area contributed by atoms with Crippen LogP contribution in [-0.4, -0.2) is 27.4 Å². The number of hydrogen-bond donors (Lipinski definition) is 0. The zero-order chi connectivity index (χ0) is 17.2. The van der Waals surface area contributed by atoms with Gasteiger partial charge in [-0.15, -0.1) is 5.10 Å². The summed E-state index contributed by atoms with van der Waals surface area (Å²) < 4.78 is 1.65. The summed E-state index contributed by atoms with van der Waals surface area (Å²) in [5, 5.41) is 17.2. The van der Waals surface area contributed by atoms with E-state index in [4.69, 9.17) is 5.26 Å². The van der Waals surface area contributed by atoms with E-state index < -0.39 is 0 Å². The summed E-state index contributed by atoms with van der Waals surface area (Å²) in [5.74, 6) is -0.0777. The number of nitrogens with zero attached hydrogens (tertiary/aromatic N) is 5. The van der Waals surface area contributed by atoms with E-state index in [1.165, 1.54) is 0 Å². The molecule has 6 heteroatoms. The fourth-order valence-corrected chi connectivity index (χ4v) is 3.02. The summed E-state index contributed by atoms with van der Waals surface area (Å²) in [6.07, 6.45) is 0.684. The minimum atomic E-state index is -0.0777. The number of carbonyl (C=O) groups excluding carboxylic acids is 1. The number of rotatable bonds is 3. The molecule has 0 saturated carbocycles. The number of carbonyl (C=O) groups is 1. The lowest BCUT2D eigenvalue weighted by Crippen LogP contribution is -2.39. The van der Waals surface area contributed by atoms with Crippen molar-refractivity contribution < 1.29 is 4.79 Å². The van der Waals surface area contributed by atoms with E-state index in [1.54, 1.807) is 21.7 Å². The second-order valence-electron chi connectivity index (χ2n) is 5.89. The smallest absolute Gasteiger partial charge is 0.278 e. The van der Waals surface area contributed by atoms with Crippen LogP contribution in [0, 0.1) is 11.3 Å². The number of benzene rings is 2. The maximum Gasteiger partial charge on any atom is 0.278 e. The Morgan fingerprint density at radius 1 is 1.08 bits per heavy atom. The fourth-order valence-electron chi connectivity index (χ4n) is 3.02. The third kappa shape index (κ3) is 2.76. The van der Waals surface area contributed by atoms with E-state index in [2.05, 4.69) is 16.4 Å². The Bertz CT molecular complexity index is 954. The second kappa shape index (κ2) is 6.21. The third-order valence-corrected chi connectivity index (χ3v) is 4.31. The highest BCUT2D eigenvalue weighted by Crippen LogP contribution is 2.23. The molecule has 0 N–H and O–H groups in total. The summed E-state index contributed by atoms with van der Waals surface area (Å²) in [6.45, 7) is 1.05. The topological polar surface area (TPSA) is 74.8 Å². The average Bonchev–Trinajstić information content (AvgIpc) is 3.07. The highest BCUT2D eigenvalue weighted by atomic mass is 16.2. The standard InChI is InChI=1S/C19H15N5O/c20-12-14-6-8-15(9-7-14)13-24-18-17(21-22-24)10-11-23(19(18)25)16-4-2-1-3-5-16/h1-9H,10-11,13H2. The van der Waals surface area contributed by atoms with Gasteiger partial charge in [0.2, 0.25) is 0 Å². The first kappa shape index (κ1) is 15.1. The van der Waals surface area contributed by atoms with Crippen LogP contribution in [0.25, 0.3) is 0 Å². The van der Waals surface area contributed by atoms with Gasteiger partial charge in [0.05, 0.1) is 23.9 Å². The van der Waals surface area contributed by atoms with Crippen molar-refractivity contribution in [3.8, 4) is 6.07 Å². The average molecular weight is 329 g/mol. The lowest BCUT2D eigenvalue weighted by atomic mass is 10.1. The Hall–Kier alpha value is -3.46. The van der Waals surface area contributed by atoms with Crippen LogP contribution in [0.5, 0.6) is 0 Å². The Labute approximate surface area is 144 Å². The largest absolute Gasteiger partial charge is 0.307 e. The number of hydrogen-bond acceptors (Lipinski definition) is 4. The second-order valence-corrected chi connectivity index (χ2v) is 5.89. The molecule has 0 fully saturated rings. The van der Waals surface area contributed by atoms with Crippen LogP contribution in [0.15, 0.2) is 54.6 Å². The van der Waals surface area contributed by atoms with E-state index in [0.29, 0.717) is 30.8 Å². The lowest BCUT2D eigenvalue weighted by Gasteiger charge is -2.26. The summed E-state index contributed by atoms with van der Waals surface area (Å²) in [7, 11) is 0. The molecule has 3 aromatic rings. The van der Waals surface area contributed by atoms with Gasteiger partial charge >= 0.3 is 0 Å². The minimum Gasteiger partial charge on any atom is -0.307 e. The van der Waals surface area contributed by atoms with Gasteiger partial charge in [-0.3, -0.25) is 4.79 Å². The molecular weight excluding hydrogens is 314 g/mol. The molecule has 0 spiro atoms. The monoisotopic (exact) mass is 329 g/mol. The van der Waals surface area contributed by atoms with Gasteiger partial charge in [-0.2, -0.15) is 5.26 Å². The number of fused-ring (bicyclic) bond motifs is 1. The zero-order valence-electron chi connectivity index (χ0n) is 13.5. The van der Waals surface area contributed by atoms with Crippen LogP contribution in [0.4, 0.5) is 5.69 Å². The van der Waals surface area contributed by atoms with Gasteiger partial charge in [0.25, 0.3) is 5.91 Å². The predicted octanol–water partition coefficient (Wildman–Crippen LogP) is 2.40. The van der Waals surface area contributed by atoms with Gasteiger partial charge in [0, 0.05) is 18.7 Å². The van der Waals surface area contributed by atoms with Gasteiger partial charge in [0.15, 0.2) is 5.69 Å². The zero-order valence-corrected chi connectivity index (χ0v) is 13.5. The van der Waals surface area contributed by atoms with E-state index in [9.17, 15) is 4.79 Å². The summed E-state index contributed by atoms with van der Waals surface area (Å²) in [4.78, 5) is 14.7. The molecule has 4 rings (SSSR count). The first-order valence-electron chi connectivity index (χ1n) is 8.04. The van der Waals surface area contributed by atoms with E-state index in [1.807, 2.05) is 42.5 Å². The van der Waals surface area contributed by atoms with Crippen molar-refractivity contribution >= 4 is 11.6 Å². The number of anilines is 1. The normalized spacial score (nSPS) is 13.4.